The Bertz CT molecular complexity index is 398. The minimum atomic E-state index is -0.239. The van der Waals surface area contributed by atoms with Crippen LogP contribution in [0.2, 0.25) is 0 Å². The number of benzene rings is 1. The Kier molecular flexibility index (Phi) is 3.35. The van der Waals surface area contributed by atoms with Gasteiger partial charge in [0.25, 0.3) is 0 Å². The summed E-state index contributed by atoms with van der Waals surface area (Å²) in [5, 5.41) is 4.02. The van der Waals surface area contributed by atoms with E-state index in [1.54, 1.807) is 0 Å². The molecule has 0 aliphatic carbocycles. The predicted octanol–water partition coefficient (Wildman–Crippen LogP) is 1.61. The third kappa shape index (κ3) is 3.17. The SMILES string of the molecule is CC(C)(N)CNC(=S)N1Cc2ccccc2C1. The monoisotopic (exact) mass is 249 g/mol. The van der Waals surface area contributed by atoms with Gasteiger partial charge in [-0.2, -0.15) is 0 Å². The van der Waals surface area contributed by atoms with E-state index in [9.17, 15) is 0 Å². The number of nitrogens with two attached hydrogens (primary N) is 1. The molecule has 92 valence electrons. The zero-order valence-corrected chi connectivity index (χ0v) is 11.2. The Morgan fingerprint density at radius 2 is 1.88 bits per heavy atom. The maximum atomic E-state index is 5.93. The van der Waals surface area contributed by atoms with Crippen molar-refractivity contribution in [1.82, 2.24) is 10.2 Å². The van der Waals surface area contributed by atoms with Crippen LogP contribution in [0.5, 0.6) is 0 Å². The molecule has 0 saturated carbocycles. The van der Waals surface area contributed by atoms with Gasteiger partial charge in [0.2, 0.25) is 0 Å². The Morgan fingerprint density at radius 1 is 1.35 bits per heavy atom. The molecule has 0 atom stereocenters. The highest BCUT2D eigenvalue weighted by atomic mass is 32.1. The van der Waals surface area contributed by atoms with Crippen LogP contribution in [-0.4, -0.2) is 22.1 Å². The Hall–Kier alpha value is -1.13. The molecule has 3 N–H and O–H groups in total. The van der Waals surface area contributed by atoms with Crippen molar-refractivity contribution in [3.05, 3.63) is 35.4 Å². The van der Waals surface area contributed by atoms with Crippen molar-refractivity contribution in [1.29, 1.82) is 0 Å². The van der Waals surface area contributed by atoms with Crippen LogP contribution in [0.3, 0.4) is 0 Å². The number of fused-ring (bicyclic) bond motifs is 1. The van der Waals surface area contributed by atoms with Gasteiger partial charge in [-0.05, 0) is 37.2 Å². The zero-order valence-electron chi connectivity index (χ0n) is 10.4. The molecule has 0 unspecified atom stereocenters. The molecule has 0 aromatic heterocycles. The fourth-order valence-corrected chi connectivity index (χ4v) is 2.09. The fraction of sp³-hybridized carbons (Fsp3) is 0.462. The van der Waals surface area contributed by atoms with E-state index in [0.29, 0.717) is 6.54 Å². The van der Waals surface area contributed by atoms with E-state index in [1.165, 1.54) is 11.1 Å². The molecule has 1 aliphatic heterocycles. The number of hydrogen-bond donors (Lipinski definition) is 2. The number of nitrogens with zero attached hydrogens (tertiary/aromatic N) is 1. The third-order valence-corrected chi connectivity index (χ3v) is 3.23. The average Bonchev–Trinajstić information content (AvgIpc) is 2.68. The van der Waals surface area contributed by atoms with Crippen molar-refractivity contribution in [2.24, 2.45) is 5.73 Å². The smallest absolute Gasteiger partial charge is 0.169 e. The molecule has 0 fully saturated rings. The predicted molar refractivity (Wildman–Crippen MR) is 74.6 cm³/mol. The van der Waals surface area contributed by atoms with Crippen LogP contribution in [0.1, 0.15) is 25.0 Å². The largest absolute Gasteiger partial charge is 0.361 e. The van der Waals surface area contributed by atoms with Crippen molar-refractivity contribution >= 4 is 17.3 Å². The van der Waals surface area contributed by atoms with E-state index in [4.69, 9.17) is 18.0 Å². The summed E-state index contributed by atoms with van der Waals surface area (Å²) >= 11 is 5.39. The van der Waals surface area contributed by atoms with Gasteiger partial charge in [-0.3, -0.25) is 0 Å². The maximum Gasteiger partial charge on any atom is 0.169 e. The van der Waals surface area contributed by atoms with Crippen LogP contribution in [0, 0.1) is 0 Å². The van der Waals surface area contributed by atoms with E-state index in [1.807, 2.05) is 13.8 Å². The molecule has 4 heteroatoms. The van der Waals surface area contributed by atoms with Crippen LogP contribution in [0.4, 0.5) is 0 Å². The summed E-state index contributed by atoms with van der Waals surface area (Å²) in [6.45, 7) is 6.46. The molecule has 0 spiro atoms. The molecule has 0 radical (unpaired) electrons. The second kappa shape index (κ2) is 4.63. The molecule has 2 rings (SSSR count). The maximum absolute atomic E-state index is 5.93. The van der Waals surface area contributed by atoms with Gasteiger partial charge in [-0.25, -0.2) is 0 Å². The van der Waals surface area contributed by atoms with Gasteiger partial charge >= 0.3 is 0 Å². The molecule has 3 nitrogen and oxygen atoms in total. The first-order valence-electron chi connectivity index (χ1n) is 5.84. The lowest BCUT2D eigenvalue weighted by Crippen LogP contribution is -2.48. The van der Waals surface area contributed by atoms with E-state index >= 15 is 0 Å². The Balaban J connectivity index is 1.92. The van der Waals surface area contributed by atoms with Crippen LogP contribution < -0.4 is 11.1 Å². The molecular formula is C13H19N3S. The average molecular weight is 249 g/mol. The van der Waals surface area contributed by atoms with E-state index < -0.39 is 0 Å². The van der Waals surface area contributed by atoms with Crippen molar-refractivity contribution in [2.45, 2.75) is 32.5 Å². The highest BCUT2D eigenvalue weighted by Gasteiger charge is 2.21. The number of hydrogen-bond acceptors (Lipinski definition) is 2. The molecule has 1 aromatic rings. The van der Waals surface area contributed by atoms with Crippen molar-refractivity contribution in [3.8, 4) is 0 Å². The van der Waals surface area contributed by atoms with Crippen LogP contribution in [0.25, 0.3) is 0 Å². The highest BCUT2D eigenvalue weighted by molar-refractivity contribution is 7.80. The quantitative estimate of drug-likeness (QED) is 0.782. The third-order valence-electron chi connectivity index (χ3n) is 2.82. The summed E-state index contributed by atoms with van der Waals surface area (Å²) in [4.78, 5) is 2.17. The van der Waals surface area contributed by atoms with E-state index in [0.717, 1.165) is 18.2 Å². The van der Waals surface area contributed by atoms with Crippen molar-refractivity contribution in [2.75, 3.05) is 6.54 Å². The van der Waals surface area contributed by atoms with Crippen LogP contribution in [0.15, 0.2) is 24.3 Å². The lowest BCUT2D eigenvalue weighted by Gasteiger charge is -2.24. The van der Waals surface area contributed by atoms with Gasteiger partial charge in [0.15, 0.2) is 5.11 Å². The minimum Gasteiger partial charge on any atom is -0.361 e. The Labute approximate surface area is 108 Å². The van der Waals surface area contributed by atoms with Crippen molar-refractivity contribution < 1.29 is 0 Å². The van der Waals surface area contributed by atoms with Crippen LogP contribution in [-0.2, 0) is 13.1 Å². The molecular weight excluding hydrogens is 230 g/mol. The standard InChI is InChI=1S/C13H19N3S/c1-13(2,14)9-15-12(17)16-7-10-5-3-4-6-11(10)8-16/h3-6H,7-9,14H2,1-2H3,(H,15,17). The Morgan fingerprint density at radius 3 is 2.35 bits per heavy atom. The molecule has 0 saturated heterocycles. The summed E-state index contributed by atoms with van der Waals surface area (Å²) in [6, 6.07) is 8.46. The van der Waals surface area contributed by atoms with Gasteiger partial charge < -0.3 is 16.0 Å². The molecule has 1 aromatic carbocycles. The van der Waals surface area contributed by atoms with Gasteiger partial charge in [0.05, 0.1) is 0 Å². The second-order valence-electron chi connectivity index (χ2n) is 5.27. The first-order chi connectivity index (χ1) is 7.96. The van der Waals surface area contributed by atoms with Gasteiger partial charge in [-0.1, -0.05) is 24.3 Å². The first-order valence-corrected chi connectivity index (χ1v) is 6.25. The van der Waals surface area contributed by atoms with E-state index in [2.05, 4.69) is 34.5 Å². The molecule has 0 bridgehead atoms. The van der Waals surface area contributed by atoms with E-state index in [-0.39, 0.29) is 5.54 Å². The summed E-state index contributed by atoms with van der Waals surface area (Å²) in [5.74, 6) is 0. The second-order valence-corrected chi connectivity index (χ2v) is 5.66. The van der Waals surface area contributed by atoms with Gasteiger partial charge in [0, 0.05) is 25.2 Å². The normalized spacial score (nSPS) is 14.6. The molecule has 0 amide bonds. The minimum absolute atomic E-state index is 0.239. The fourth-order valence-electron chi connectivity index (χ4n) is 1.89. The molecule has 17 heavy (non-hydrogen) atoms. The number of thiocarbonyl (C=S) groups is 1. The molecule has 1 heterocycles. The lowest BCUT2D eigenvalue weighted by atomic mass is 10.1. The number of nitrogens with one attached hydrogen (secondary N) is 1. The summed E-state index contributed by atoms with van der Waals surface area (Å²) in [7, 11) is 0. The lowest BCUT2D eigenvalue weighted by molar-refractivity contribution is 0.423. The van der Waals surface area contributed by atoms with Crippen molar-refractivity contribution in [3.63, 3.8) is 0 Å². The summed E-state index contributed by atoms with van der Waals surface area (Å²) in [5.41, 5.74) is 8.42. The van der Waals surface area contributed by atoms with Crippen LogP contribution >= 0.6 is 12.2 Å². The highest BCUT2D eigenvalue weighted by Crippen LogP contribution is 2.21. The molecule has 1 aliphatic rings. The zero-order chi connectivity index (χ0) is 12.5. The summed E-state index contributed by atoms with van der Waals surface area (Å²) in [6.07, 6.45) is 0. The number of rotatable bonds is 2. The van der Waals surface area contributed by atoms with Gasteiger partial charge in [0.1, 0.15) is 0 Å². The summed E-state index contributed by atoms with van der Waals surface area (Å²) < 4.78 is 0. The first kappa shape index (κ1) is 12.3. The van der Waals surface area contributed by atoms with Gasteiger partial charge in [-0.15, -0.1) is 0 Å². The topological polar surface area (TPSA) is 41.3 Å².